The molecule has 0 N–H and O–H groups in total. The molecule has 0 aromatic heterocycles. The van der Waals surface area contributed by atoms with E-state index >= 15 is 0 Å². The number of rotatable bonds is 6. The average molecular weight is 678 g/mol. The minimum absolute atomic E-state index is 0.0733. The van der Waals surface area contributed by atoms with E-state index in [1.807, 2.05) is 0 Å². The van der Waals surface area contributed by atoms with Crippen LogP contribution in [-0.4, -0.2) is 0 Å². The van der Waals surface area contributed by atoms with E-state index in [9.17, 15) is 0 Å². The van der Waals surface area contributed by atoms with Crippen LogP contribution in [0.3, 0.4) is 0 Å². The SMILES string of the molecule is CC1(C)c2ccccc2-c2ccc(N(c3ccccc3)c3ccc(-c4ccc5c(c4)C(c4ccccc4)(c4ccccc4)c4ccccc4-5)cc3)cc21. The van der Waals surface area contributed by atoms with Crippen molar-refractivity contribution in [1.29, 1.82) is 0 Å². The Hall–Kier alpha value is -6.44. The van der Waals surface area contributed by atoms with Gasteiger partial charge in [-0.15, -0.1) is 0 Å². The van der Waals surface area contributed by atoms with Crippen molar-refractivity contribution < 1.29 is 0 Å². The van der Waals surface area contributed by atoms with E-state index in [1.165, 1.54) is 66.8 Å². The fraction of sp³-hybridized carbons (Fsp3) is 0.0769. The summed E-state index contributed by atoms with van der Waals surface area (Å²) in [5.74, 6) is 0. The van der Waals surface area contributed by atoms with Crippen molar-refractivity contribution in [3.8, 4) is 33.4 Å². The maximum atomic E-state index is 2.44. The second-order valence-corrected chi connectivity index (χ2v) is 14.9. The van der Waals surface area contributed by atoms with Gasteiger partial charge in [-0.3, -0.25) is 0 Å². The van der Waals surface area contributed by atoms with Crippen LogP contribution in [0, 0.1) is 0 Å². The van der Waals surface area contributed by atoms with Crippen LogP contribution in [0.4, 0.5) is 17.1 Å². The summed E-state index contributed by atoms with van der Waals surface area (Å²) in [6.07, 6.45) is 0. The highest BCUT2D eigenvalue weighted by Crippen LogP contribution is 2.57. The highest BCUT2D eigenvalue weighted by molar-refractivity contribution is 5.89. The Kier molecular flexibility index (Phi) is 7.13. The quantitative estimate of drug-likeness (QED) is 0.169. The molecule has 0 heterocycles. The zero-order valence-electron chi connectivity index (χ0n) is 30.0. The minimum Gasteiger partial charge on any atom is -0.310 e. The highest BCUT2D eigenvalue weighted by Gasteiger charge is 2.46. The third-order valence-electron chi connectivity index (χ3n) is 11.8. The molecular formula is C52H39N. The summed E-state index contributed by atoms with van der Waals surface area (Å²) in [6, 6.07) is 73.8. The minimum atomic E-state index is -0.421. The van der Waals surface area contributed by atoms with E-state index in [4.69, 9.17) is 0 Å². The summed E-state index contributed by atoms with van der Waals surface area (Å²) in [5.41, 5.74) is 18.6. The lowest BCUT2D eigenvalue weighted by atomic mass is 9.67. The van der Waals surface area contributed by atoms with Gasteiger partial charge >= 0.3 is 0 Å². The first-order valence-electron chi connectivity index (χ1n) is 18.6. The normalized spacial score (nSPS) is 14.2. The van der Waals surface area contributed by atoms with Crippen molar-refractivity contribution in [2.24, 2.45) is 0 Å². The lowest BCUT2D eigenvalue weighted by Crippen LogP contribution is -2.28. The number of anilines is 3. The molecule has 252 valence electrons. The van der Waals surface area contributed by atoms with Gasteiger partial charge in [0.25, 0.3) is 0 Å². The van der Waals surface area contributed by atoms with Crippen molar-refractivity contribution in [1.82, 2.24) is 0 Å². The Balaban J connectivity index is 1.09. The van der Waals surface area contributed by atoms with Gasteiger partial charge in [0, 0.05) is 22.5 Å². The Labute approximate surface area is 312 Å². The maximum Gasteiger partial charge on any atom is 0.0713 e. The average Bonchev–Trinajstić information content (AvgIpc) is 3.65. The van der Waals surface area contributed by atoms with Gasteiger partial charge in [-0.2, -0.15) is 0 Å². The first-order chi connectivity index (χ1) is 26.0. The highest BCUT2D eigenvalue weighted by atomic mass is 15.1. The molecule has 1 heteroatoms. The number of hydrogen-bond donors (Lipinski definition) is 0. The Morgan fingerprint density at radius 3 is 1.43 bits per heavy atom. The monoisotopic (exact) mass is 677 g/mol. The molecule has 8 aromatic rings. The van der Waals surface area contributed by atoms with E-state index in [0.29, 0.717) is 0 Å². The third-order valence-corrected chi connectivity index (χ3v) is 11.8. The molecule has 0 fully saturated rings. The zero-order chi connectivity index (χ0) is 35.6. The molecule has 8 aromatic carbocycles. The van der Waals surface area contributed by atoms with Gasteiger partial charge in [0.2, 0.25) is 0 Å². The maximum absolute atomic E-state index is 2.44. The molecule has 0 atom stereocenters. The van der Waals surface area contributed by atoms with Crippen molar-refractivity contribution in [2.75, 3.05) is 4.90 Å². The number of para-hydroxylation sites is 1. The number of fused-ring (bicyclic) bond motifs is 6. The number of benzene rings is 8. The predicted octanol–water partition coefficient (Wildman–Crippen LogP) is 13.5. The summed E-state index contributed by atoms with van der Waals surface area (Å²) < 4.78 is 0. The zero-order valence-corrected chi connectivity index (χ0v) is 30.0. The molecule has 0 radical (unpaired) electrons. The van der Waals surface area contributed by atoms with Crippen LogP contribution in [-0.2, 0) is 10.8 Å². The van der Waals surface area contributed by atoms with Crippen LogP contribution in [0.15, 0.2) is 200 Å². The fourth-order valence-electron chi connectivity index (χ4n) is 9.28. The first-order valence-corrected chi connectivity index (χ1v) is 18.6. The van der Waals surface area contributed by atoms with Gasteiger partial charge in [0.05, 0.1) is 5.41 Å². The van der Waals surface area contributed by atoms with E-state index in [2.05, 4.69) is 219 Å². The van der Waals surface area contributed by atoms with Crippen molar-refractivity contribution >= 4 is 17.1 Å². The summed E-state index contributed by atoms with van der Waals surface area (Å²) in [5, 5.41) is 0. The van der Waals surface area contributed by atoms with Gasteiger partial charge < -0.3 is 4.90 Å². The lowest BCUT2D eigenvalue weighted by molar-refractivity contribution is 0.660. The summed E-state index contributed by atoms with van der Waals surface area (Å²) in [7, 11) is 0. The van der Waals surface area contributed by atoms with Crippen molar-refractivity contribution in [3.63, 3.8) is 0 Å². The molecule has 0 bridgehead atoms. The second-order valence-electron chi connectivity index (χ2n) is 14.9. The summed E-state index contributed by atoms with van der Waals surface area (Å²) >= 11 is 0. The standard InChI is InChI=1S/C52H39N/c1-51(2)47-24-14-12-22-43(47)45-33-31-42(35-49(45)51)53(40-20-10-5-11-21-40)41-29-26-36(27-30-41)37-28-32-46-44-23-13-15-25-48(44)52(50(46)34-37,38-16-6-3-7-17-38)39-18-8-4-9-19-39/h3-35H,1-2H3. The fourth-order valence-corrected chi connectivity index (χ4v) is 9.28. The Morgan fingerprint density at radius 2 is 0.774 bits per heavy atom. The van der Waals surface area contributed by atoms with Crippen LogP contribution in [0.5, 0.6) is 0 Å². The number of nitrogens with zero attached hydrogens (tertiary/aromatic N) is 1. The molecular weight excluding hydrogens is 639 g/mol. The van der Waals surface area contributed by atoms with Crippen molar-refractivity contribution in [3.05, 3.63) is 234 Å². The lowest BCUT2D eigenvalue weighted by Gasteiger charge is -2.34. The molecule has 0 unspecified atom stereocenters. The van der Waals surface area contributed by atoms with Crippen molar-refractivity contribution in [2.45, 2.75) is 24.7 Å². The van der Waals surface area contributed by atoms with E-state index in [1.54, 1.807) is 0 Å². The predicted molar refractivity (Wildman–Crippen MR) is 221 cm³/mol. The van der Waals surface area contributed by atoms with Crippen LogP contribution in [0.25, 0.3) is 33.4 Å². The van der Waals surface area contributed by atoms with Crippen LogP contribution < -0.4 is 4.90 Å². The van der Waals surface area contributed by atoms with E-state index in [0.717, 1.165) is 17.1 Å². The smallest absolute Gasteiger partial charge is 0.0713 e. The first kappa shape index (κ1) is 31.3. The van der Waals surface area contributed by atoms with Gasteiger partial charge in [0.1, 0.15) is 0 Å². The second kappa shape index (κ2) is 12.1. The molecule has 0 aliphatic heterocycles. The number of hydrogen-bond acceptors (Lipinski definition) is 1. The topological polar surface area (TPSA) is 3.24 Å². The van der Waals surface area contributed by atoms with Crippen LogP contribution in [0.1, 0.15) is 47.2 Å². The Bertz CT molecular complexity index is 2580. The largest absolute Gasteiger partial charge is 0.310 e. The van der Waals surface area contributed by atoms with Crippen LogP contribution in [0.2, 0.25) is 0 Å². The molecule has 0 saturated heterocycles. The molecule has 0 saturated carbocycles. The van der Waals surface area contributed by atoms with E-state index < -0.39 is 5.41 Å². The molecule has 10 rings (SSSR count). The molecule has 0 spiro atoms. The summed E-state index contributed by atoms with van der Waals surface area (Å²) in [6.45, 7) is 4.70. The van der Waals surface area contributed by atoms with Crippen LogP contribution >= 0.6 is 0 Å². The molecule has 53 heavy (non-hydrogen) atoms. The van der Waals surface area contributed by atoms with Gasteiger partial charge in [-0.05, 0) is 109 Å². The Morgan fingerprint density at radius 1 is 0.321 bits per heavy atom. The van der Waals surface area contributed by atoms with Gasteiger partial charge in [0.15, 0.2) is 0 Å². The molecule has 2 aliphatic carbocycles. The molecule has 2 aliphatic rings. The molecule has 1 nitrogen and oxygen atoms in total. The third kappa shape index (κ3) is 4.70. The molecule has 0 amide bonds. The van der Waals surface area contributed by atoms with Gasteiger partial charge in [-0.1, -0.05) is 172 Å². The summed E-state index contributed by atoms with van der Waals surface area (Å²) in [4.78, 5) is 2.39. The van der Waals surface area contributed by atoms with E-state index in [-0.39, 0.29) is 5.41 Å². The van der Waals surface area contributed by atoms with Gasteiger partial charge in [-0.25, -0.2) is 0 Å².